The number of oxazole rings is 1. The van der Waals surface area contributed by atoms with Crippen LogP contribution >= 0.6 is 0 Å². The van der Waals surface area contributed by atoms with E-state index in [1.807, 2.05) is 13.8 Å². The second-order valence-electron chi connectivity index (χ2n) is 4.66. The first-order valence-electron chi connectivity index (χ1n) is 6.30. The molecule has 1 aromatic heterocycles. The Morgan fingerprint density at radius 2 is 1.70 bits per heavy atom. The van der Waals surface area contributed by atoms with Gasteiger partial charge in [-0.3, -0.25) is 0 Å². The summed E-state index contributed by atoms with van der Waals surface area (Å²) >= 11 is 0. The van der Waals surface area contributed by atoms with Crippen LogP contribution in [0.3, 0.4) is 0 Å². The zero-order valence-corrected chi connectivity index (χ0v) is 12.1. The Balaban J connectivity index is 0.000000956. The minimum Gasteiger partial charge on any atom is -0.440 e. The number of halogens is 3. The Morgan fingerprint density at radius 1 is 1.15 bits per heavy atom. The number of hydrogen-bond donors (Lipinski definition) is 1. The number of hydrogen-bond acceptors (Lipinski definition) is 3. The molecule has 0 aliphatic rings. The minimum absolute atomic E-state index is 0.0967. The van der Waals surface area contributed by atoms with Gasteiger partial charge in [0.1, 0.15) is 11.1 Å². The SMILES string of the molecule is CC.Cc1nc2cc(C(C)(C)O)cc(C(F)(F)F)c2o1. The summed E-state index contributed by atoms with van der Waals surface area (Å²) in [6.45, 7) is 8.31. The van der Waals surface area contributed by atoms with Gasteiger partial charge in [-0.2, -0.15) is 13.2 Å². The number of nitrogens with zero attached hydrogens (tertiary/aromatic N) is 1. The highest BCUT2D eigenvalue weighted by molar-refractivity contribution is 5.78. The summed E-state index contributed by atoms with van der Waals surface area (Å²) in [5, 5.41) is 9.82. The van der Waals surface area contributed by atoms with Gasteiger partial charge in [-0.25, -0.2) is 4.98 Å². The van der Waals surface area contributed by atoms with Crippen molar-refractivity contribution in [3.63, 3.8) is 0 Å². The lowest BCUT2D eigenvalue weighted by Gasteiger charge is -2.19. The fraction of sp³-hybridized carbons (Fsp3) is 0.500. The van der Waals surface area contributed by atoms with Crippen molar-refractivity contribution in [2.24, 2.45) is 0 Å². The van der Waals surface area contributed by atoms with Gasteiger partial charge in [-0.05, 0) is 31.5 Å². The smallest absolute Gasteiger partial charge is 0.420 e. The third-order valence-corrected chi connectivity index (χ3v) is 2.61. The number of aromatic nitrogens is 1. The summed E-state index contributed by atoms with van der Waals surface area (Å²) in [5.41, 5.74) is -2.35. The molecule has 6 heteroatoms. The molecular weight excluding hydrogens is 271 g/mol. The molecule has 112 valence electrons. The average molecular weight is 289 g/mol. The Labute approximate surface area is 115 Å². The second-order valence-corrected chi connectivity index (χ2v) is 4.66. The Morgan fingerprint density at radius 3 is 2.15 bits per heavy atom. The van der Waals surface area contributed by atoms with E-state index in [2.05, 4.69) is 4.98 Å². The molecule has 0 amide bonds. The first-order valence-corrected chi connectivity index (χ1v) is 6.30. The van der Waals surface area contributed by atoms with Crippen molar-refractivity contribution in [2.45, 2.75) is 46.4 Å². The summed E-state index contributed by atoms with van der Waals surface area (Å²) in [4.78, 5) is 3.88. The zero-order chi connectivity index (χ0) is 15.7. The molecule has 0 unspecified atom stereocenters. The van der Waals surface area contributed by atoms with Gasteiger partial charge in [0, 0.05) is 6.92 Å². The molecule has 0 saturated carbocycles. The van der Waals surface area contributed by atoms with E-state index in [0.717, 1.165) is 6.07 Å². The molecule has 3 nitrogen and oxygen atoms in total. The minimum atomic E-state index is -4.55. The van der Waals surface area contributed by atoms with Crippen molar-refractivity contribution in [3.8, 4) is 0 Å². The van der Waals surface area contributed by atoms with Crippen LogP contribution in [-0.4, -0.2) is 10.1 Å². The summed E-state index contributed by atoms with van der Waals surface area (Å²) in [7, 11) is 0. The molecule has 20 heavy (non-hydrogen) atoms. The molecule has 0 saturated heterocycles. The number of aryl methyl sites for hydroxylation is 1. The fourth-order valence-electron chi connectivity index (χ4n) is 1.71. The van der Waals surface area contributed by atoms with E-state index < -0.39 is 17.3 Å². The molecule has 1 N–H and O–H groups in total. The Bertz CT molecular complexity index is 595. The van der Waals surface area contributed by atoms with Gasteiger partial charge in [-0.15, -0.1) is 0 Å². The van der Waals surface area contributed by atoms with Crippen molar-refractivity contribution >= 4 is 11.1 Å². The summed E-state index contributed by atoms with van der Waals surface area (Å²) < 4.78 is 43.8. The summed E-state index contributed by atoms with van der Waals surface area (Å²) in [5.74, 6) is 0.156. The predicted octanol–water partition coefficient (Wildman–Crippen LogP) is 4.41. The first kappa shape index (κ1) is 16.5. The van der Waals surface area contributed by atoms with Crippen LogP contribution in [0.2, 0.25) is 0 Å². The zero-order valence-electron chi connectivity index (χ0n) is 12.1. The highest BCUT2D eigenvalue weighted by atomic mass is 19.4. The molecular formula is C14H18F3NO2. The molecule has 1 aromatic carbocycles. The third kappa shape index (κ3) is 3.30. The Kier molecular flexibility index (Phi) is 4.49. The largest absolute Gasteiger partial charge is 0.440 e. The lowest BCUT2D eigenvalue weighted by Crippen LogP contribution is -2.17. The van der Waals surface area contributed by atoms with Crippen molar-refractivity contribution in [3.05, 3.63) is 29.2 Å². The maximum atomic E-state index is 12.9. The normalized spacial score (nSPS) is 12.2. The quantitative estimate of drug-likeness (QED) is 0.846. The van der Waals surface area contributed by atoms with Gasteiger partial charge >= 0.3 is 6.18 Å². The molecule has 2 rings (SSSR count). The van der Waals surface area contributed by atoms with Gasteiger partial charge < -0.3 is 9.52 Å². The highest BCUT2D eigenvalue weighted by Crippen LogP contribution is 2.38. The van der Waals surface area contributed by atoms with Crippen LogP contribution in [0.5, 0.6) is 0 Å². The van der Waals surface area contributed by atoms with Gasteiger partial charge in [0.25, 0.3) is 0 Å². The van der Waals surface area contributed by atoms with Crippen molar-refractivity contribution < 1.29 is 22.7 Å². The van der Waals surface area contributed by atoms with Crippen LogP contribution < -0.4 is 0 Å². The van der Waals surface area contributed by atoms with Crippen LogP contribution in [0.15, 0.2) is 16.5 Å². The van der Waals surface area contributed by atoms with E-state index in [1.165, 1.54) is 26.8 Å². The molecule has 2 aromatic rings. The molecule has 1 heterocycles. The number of aliphatic hydroxyl groups is 1. The summed E-state index contributed by atoms with van der Waals surface area (Å²) in [6.07, 6.45) is -4.55. The van der Waals surface area contributed by atoms with Crippen LogP contribution in [0, 0.1) is 6.92 Å². The topological polar surface area (TPSA) is 46.3 Å². The molecule has 0 fully saturated rings. The van der Waals surface area contributed by atoms with Crippen molar-refractivity contribution in [1.29, 1.82) is 0 Å². The Hall–Kier alpha value is -1.56. The predicted molar refractivity (Wildman–Crippen MR) is 70.3 cm³/mol. The lowest BCUT2D eigenvalue weighted by molar-refractivity contribution is -0.137. The van der Waals surface area contributed by atoms with Gasteiger partial charge in [0.15, 0.2) is 11.5 Å². The van der Waals surface area contributed by atoms with Crippen molar-refractivity contribution in [1.82, 2.24) is 4.98 Å². The van der Waals surface area contributed by atoms with E-state index in [1.54, 1.807) is 0 Å². The molecule has 0 bridgehead atoms. The average Bonchev–Trinajstić information content (AvgIpc) is 2.67. The second kappa shape index (κ2) is 5.44. The molecule has 0 aliphatic heterocycles. The van der Waals surface area contributed by atoms with Gasteiger partial charge in [0.2, 0.25) is 0 Å². The number of rotatable bonds is 1. The lowest BCUT2D eigenvalue weighted by atomic mass is 9.95. The maximum absolute atomic E-state index is 12.9. The highest BCUT2D eigenvalue weighted by Gasteiger charge is 2.36. The molecule has 0 radical (unpaired) electrons. The molecule has 0 atom stereocenters. The fourth-order valence-corrected chi connectivity index (χ4v) is 1.71. The van der Waals surface area contributed by atoms with Crippen LogP contribution in [0.1, 0.15) is 44.7 Å². The monoisotopic (exact) mass is 289 g/mol. The maximum Gasteiger partial charge on any atom is 0.420 e. The van der Waals surface area contributed by atoms with Crippen LogP contribution in [0.25, 0.3) is 11.1 Å². The number of fused-ring (bicyclic) bond motifs is 1. The third-order valence-electron chi connectivity index (χ3n) is 2.61. The van der Waals surface area contributed by atoms with E-state index in [4.69, 9.17) is 4.42 Å². The van der Waals surface area contributed by atoms with E-state index in [0.29, 0.717) is 0 Å². The first-order chi connectivity index (χ1) is 9.09. The van der Waals surface area contributed by atoms with Gasteiger partial charge in [-0.1, -0.05) is 13.8 Å². The molecule has 0 aliphatic carbocycles. The standard InChI is InChI=1S/C12H12F3NO2.C2H6/c1-6-16-9-5-7(11(2,3)17)4-8(10(9)18-6)12(13,14)15;1-2/h4-5,17H,1-3H3;1-2H3. The van der Waals surface area contributed by atoms with Crippen molar-refractivity contribution in [2.75, 3.05) is 0 Å². The van der Waals surface area contributed by atoms with Gasteiger partial charge in [0.05, 0.1) is 5.60 Å². The molecule has 0 spiro atoms. The van der Waals surface area contributed by atoms with Crippen LogP contribution in [-0.2, 0) is 11.8 Å². The number of benzene rings is 1. The van der Waals surface area contributed by atoms with E-state index in [9.17, 15) is 18.3 Å². The van der Waals surface area contributed by atoms with E-state index in [-0.39, 0.29) is 22.6 Å². The number of alkyl halides is 3. The summed E-state index contributed by atoms with van der Waals surface area (Å²) in [6, 6.07) is 2.30. The van der Waals surface area contributed by atoms with E-state index >= 15 is 0 Å². The van der Waals surface area contributed by atoms with Crippen LogP contribution in [0.4, 0.5) is 13.2 Å².